The van der Waals surface area contributed by atoms with Crippen LogP contribution in [0, 0.1) is 12.7 Å². The second-order valence-corrected chi connectivity index (χ2v) is 7.76. The number of hydrogen-bond acceptors (Lipinski definition) is 3. The van der Waals surface area contributed by atoms with Gasteiger partial charge in [0, 0.05) is 6.54 Å². The van der Waals surface area contributed by atoms with E-state index in [2.05, 4.69) is 15.3 Å². The van der Waals surface area contributed by atoms with Gasteiger partial charge >= 0.3 is 0 Å². The third-order valence-corrected chi connectivity index (χ3v) is 5.56. The first-order valence-electron chi connectivity index (χ1n) is 10.0. The molecule has 1 N–H and O–H groups in total. The number of nitrogens with one attached hydrogen (secondary N) is 1. The monoisotopic (exact) mass is 406 g/mol. The van der Waals surface area contributed by atoms with E-state index in [9.17, 15) is 9.18 Å². The van der Waals surface area contributed by atoms with Crippen molar-refractivity contribution in [1.29, 1.82) is 0 Å². The van der Waals surface area contributed by atoms with E-state index >= 15 is 0 Å². The van der Waals surface area contributed by atoms with Crippen LogP contribution in [0.3, 0.4) is 0 Å². The lowest BCUT2D eigenvalue weighted by Crippen LogP contribution is -2.30. The molecule has 2 heterocycles. The van der Waals surface area contributed by atoms with E-state index in [1.165, 1.54) is 37.8 Å². The summed E-state index contributed by atoms with van der Waals surface area (Å²) < 4.78 is 14.6. The topological polar surface area (TPSA) is 50.2 Å². The summed E-state index contributed by atoms with van der Waals surface area (Å²) in [7, 11) is 0. The minimum Gasteiger partial charge on any atom is -0.352 e. The SMILES string of the molecule is Cc1nn(Cc2ccc(F)cc2)c(Cl)c1C(=O)NCCCN1CCCCCC1. The molecule has 152 valence electrons. The maximum absolute atomic E-state index is 13.1. The minimum atomic E-state index is -0.285. The number of amides is 1. The molecule has 1 aromatic carbocycles. The largest absolute Gasteiger partial charge is 0.352 e. The van der Waals surface area contributed by atoms with Gasteiger partial charge in [0.25, 0.3) is 5.91 Å². The molecular formula is C21H28ClFN4O. The zero-order valence-electron chi connectivity index (χ0n) is 16.4. The zero-order valence-corrected chi connectivity index (χ0v) is 17.1. The average Bonchev–Trinajstić information content (AvgIpc) is 2.85. The number of nitrogens with zero attached hydrogens (tertiary/aromatic N) is 3. The summed E-state index contributed by atoms with van der Waals surface area (Å²) >= 11 is 6.42. The summed E-state index contributed by atoms with van der Waals surface area (Å²) in [6, 6.07) is 6.17. The van der Waals surface area contributed by atoms with Crippen molar-refractivity contribution in [2.45, 2.75) is 45.6 Å². The maximum Gasteiger partial charge on any atom is 0.256 e. The van der Waals surface area contributed by atoms with Crippen LogP contribution in [0.25, 0.3) is 0 Å². The van der Waals surface area contributed by atoms with Crippen LogP contribution in [0.2, 0.25) is 5.15 Å². The van der Waals surface area contributed by atoms with Crippen molar-refractivity contribution >= 4 is 17.5 Å². The molecule has 5 nitrogen and oxygen atoms in total. The summed E-state index contributed by atoms with van der Waals surface area (Å²) in [4.78, 5) is 15.1. The number of aryl methyl sites for hydroxylation is 1. The van der Waals surface area contributed by atoms with Crippen molar-refractivity contribution in [1.82, 2.24) is 20.0 Å². The van der Waals surface area contributed by atoms with Gasteiger partial charge in [0.2, 0.25) is 0 Å². The first-order valence-corrected chi connectivity index (χ1v) is 10.4. The molecule has 0 atom stereocenters. The third-order valence-electron chi connectivity index (χ3n) is 5.17. The first-order chi connectivity index (χ1) is 13.5. The van der Waals surface area contributed by atoms with Gasteiger partial charge in [-0.3, -0.25) is 4.79 Å². The summed E-state index contributed by atoms with van der Waals surface area (Å²) in [5.41, 5.74) is 1.88. The van der Waals surface area contributed by atoms with Gasteiger partial charge in [0.05, 0.1) is 17.8 Å². The van der Waals surface area contributed by atoms with Crippen LogP contribution in [0.5, 0.6) is 0 Å². The zero-order chi connectivity index (χ0) is 19.9. The molecule has 1 amide bonds. The number of carbonyl (C=O) groups excluding carboxylic acids is 1. The number of rotatable bonds is 7. The van der Waals surface area contributed by atoms with Crippen LogP contribution in [0.1, 0.15) is 53.7 Å². The molecule has 7 heteroatoms. The Hall–Kier alpha value is -1.92. The smallest absolute Gasteiger partial charge is 0.256 e. The molecular weight excluding hydrogens is 379 g/mol. The Morgan fingerprint density at radius 1 is 1.18 bits per heavy atom. The highest BCUT2D eigenvalue weighted by atomic mass is 35.5. The van der Waals surface area contributed by atoms with Crippen molar-refractivity contribution in [3.63, 3.8) is 0 Å². The standard InChI is InChI=1S/C21H28ClFN4O/c1-16-19(20(22)27(25-16)15-17-7-9-18(23)10-8-17)21(28)24-11-6-14-26-12-4-2-3-5-13-26/h7-10H,2-6,11-15H2,1H3,(H,24,28). The Kier molecular flexibility index (Phi) is 7.45. The summed E-state index contributed by atoms with van der Waals surface area (Å²) in [6.45, 7) is 6.12. The Labute approximate surface area is 170 Å². The van der Waals surface area contributed by atoms with Crippen molar-refractivity contribution < 1.29 is 9.18 Å². The molecule has 0 saturated carbocycles. The van der Waals surface area contributed by atoms with E-state index in [0.717, 1.165) is 31.6 Å². The van der Waals surface area contributed by atoms with Gasteiger partial charge < -0.3 is 10.2 Å². The maximum atomic E-state index is 13.1. The molecule has 0 unspecified atom stereocenters. The van der Waals surface area contributed by atoms with Crippen molar-refractivity contribution in [3.8, 4) is 0 Å². The summed E-state index contributed by atoms with van der Waals surface area (Å²) in [6.07, 6.45) is 6.12. The number of likely N-dealkylation sites (tertiary alicyclic amines) is 1. The molecule has 0 spiro atoms. The van der Waals surface area contributed by atoms with Crippen LogP contribution < -0.4 is 5.32 Å². The predicted octanol–water partition coefficient (Wildman–Crippen LogP) is 4.03. The van der Waals surface area contributed by atoms with Gasteiger partial charge in [-0.05, 0) is 63.5 Å². The van der Waals surface area contributed by atoms with Crippen molar-refractivity contribution in [2.24, 2.45) is 0 Å². The molecule has 1 saturated heterocycles. The Morgan fingerprint density at radius 3 is 2.54 bits per heavy atom. The highest BCUT2D eigenvalue weighted by molar-refractivity contribution is 6.33. The van der Waals surface area contributed by atoms with Crippen molar-refractivity contribution in [2.75, 3.05) is 26.2 Å². The van der Waals surface area contributed by atoms with E-state index < -0.39 is 0 Å². The second-order valence-electron chi connectivity index (χ2n) is 7.40. The Balaban J connectivity index is 1.53. The second kappa shape index (κ2) is 10.0. The molecule has 1 fully saturated rings. The number of carbonyl (C=O) groups is 1. The Bertz CT molecular complexity index is 782. The molecule has 1 aromatic heterocycles. The lowest BCUT2D eigenvalue weighted by molar-refractivity contribution is 0.0951. The molecule has 0 radical (unpaired) electrons. The highest BCUT2D eigenvalue weighted by Crippen LogP contribution is 2.21. The fourth-order valence-electron chi connectivity index (χ4n) is 3.63. The van der Waals surface area contributed by atoms with E-state index in [0.29, 0.717) is 29.5 Å². The summed E-state index contributed by atoms with van der Waals surface area (Å²) in [5, 5.41) is 7.66. The summed E-state index contributed by atoms with van der Waals surface area (Å²) in [5.74, 6) is -0.476. The van der Waals surface area contributed by atoms with Crippen LogP contribution in [0.4, 0.5) is 4.39 Å². The fourth-order valence-corrected chi connectivity index (χ4v) is 3.95. The number of benzene rings is 1. The van der Waals surface area contributed by atoms with Crippen LogP contribution in [-0.2, 0) is 6.54 Å². The van der Waals surface area contributed by atoms with Crippen LogP contribution in [0.15, 0.2) is 24.3 Å². The van der Waals surface area contributed by atoms with Gasteiger partial charge in [-0.2, -0.15) is 5.10 Å². The lowest BCUT2D eigenvalue weighted by Gasteiger charge is -2.19. The molecule has 1 aliphatic heterocycles. The highest BCUT2D eigenvalue weighted by Gasteiger charge is 2.20. The fraction of sp³-hybridized carbons (Fsp3) is 0.524. The van der Waals surface area contributed by atoms with Crippen molar-refractivity contribution in [3.05, 3.63) is 52.1 Å². The predicted molar refractivity (Wildman–Crippen MR) is 109 cm³/mol. The van der Waals surface area contributed by atoms with E-state index in [1.807, 2.05) is 0 Å². The van der Waals surface area contributed by atoms with E-state index in [-0.39, 0.29) is 11.7 Å². The van der Waals surface area contributed by atoms with E-state index in [4.69, 9.17) is 11.6 Å². The lowest BCUT2D eigenvalue weighted by atomic mass is 10.2. The number of aromatic nitrogens is 2. The van der Waals surface area contributed by atoms with Gasteiger partial charge in [-0.25, -0.2) is 9.07 Å². The van der Waals surface area contributed by atoms with Gasteiger partial charge in [-0.15, -0.1) is 0 Å². The number of hydrogen-bond donors (Lipinski definition) is 1. The number of halogens is 2. The molecule has 3 rings (SSSR count). The van der Waals surface area contributed by atoms with Gasteiger partial charge in [-0.1, -0.05) is 36.6 Å². The van der Waals surface area contributed by atoms with Crippen LogP contribution >= 0.6 is 11.6 Å². The third kappa shape index (κ3) is 5.55. The molecule has 0 bridgehead atoms. The molecule has 2 aromatic rings. The average molecular weight is 407 g/mol. The van der Waals surface area contributed by atoms with Crippen LogP contribution in [-0.4, -0.2) is 46.8 Å². The van der Waals surface area contributed by atoms with E-state index in [1.54, 1.807) is 23.7 Å². The van der Waals surface area contributed by atoms with Gasteiger partial charge in [0.1, 0.15) is 11.0 Å². The molecule has 0 aliphatic carbocycles. The first kappa shape index (κ1) is 20.8. The molecule has 28 heavy (non-hydrogen) atoms. The quantitative estimate of drug-likeness (QED) is 0.706. The van der Waals surface area contributed by atoms with Gasteiger partial charge in [0.15, 0.2) is 0 Å². The minimum absolute atomic E-state index is 0.191. The molecule has 1 aliphatic rings. The normalized spacial score (nSPS) is 15.4. The Morgan fingerprint density at radius 2 is 1.86 bits per heavy atom.